The van der Waals surface area contributed by atoms with Crippen LogP contribution in [-0.4, -0.2) is 22.0 Å². The number of anilines is 1. The van der Waals surface area contributed by atoms with Gasteiger partial charge < -0.3 is 5.32 Å². The molecule has 0 atom stereocenters. The molecule has 2 heterocycles. The van der Waals surface area contributed by atoms with Crippen molar-refractivity contribution in [2.24, 2.45) is 0 Å². The molecule has 0 fully saturated rings. The van der Waals surface area contributed by atoms with Gasteiger partial charge in [0.15, 0.2) is 0 Å². The van der Waals surface area contributed by atoms with Crippen LogP contribution < -0.4 is 5.32 Å². The molecule has 4 nitrogen and oxygen atoms in total. The molecule has 2 aromatic heterocycles. The van der Waals surface area contributed by atoms with Crippen LogP contribution >= 0.6 is 11.3 Å². The van der Waals surface area contributed by atoms with Crippen LogP contribution in [0.2, 0.25) is 0 Å². The Labute approximate surface area is 105 Å². The van der Waals surface area contributed by atoms with Gasteiger partial charge in [0.2, 0.25) is 0 Å². The molecule has 0 spiro atoms. The molecule has 1 N–H and O–H groups in total. The summed E-state index contributed by atoms with van der Waals surface area (Å²) in [7, 11) is 1.87. The third-order valence-corrected chi connectivity index (χ3v) is 3.16. The maximum Gasteiger partial charge on any atom is 0.133 e. The van der Waals surface area contributed by atoms with E-state index in [1.165, 1.54) is 0 Å². The molecule has 0 unspecified atom stereocenters. The second kappa shape index (κ2) is 5.23. The SMILES string of the molecule is CNc1cc(Cc2nccs2)nc(C(C)C)n1. The summed E-state index contributed by atoms with van der Waals surface area (Å²) in [5.74, 6) is 2.08. The summed E-state index contributed by atoms with van der Waals surface area (Å²) >= 11 is 1.65. The van der Waals surface area contributed by atoms with Crippen molar-refractivity contribution in [3.8, 4) is 0 Å². The van der Waals surface area contributed by atoms with E-state index in [4.69, 9.17) is 0 Å². The van der Waals surface area contributed by atoms with Gasteiger partial charge in [0.1, 0.15) is 11.6 Å². The molecule has 0 bridgehead atoms. The zero-order chi connectivity index (χ0) is 12.3. The Morgan fingerprint density at radius 1 is 1.35 bits per heavy atom. The second-order valence-electron chi connectivity index (χ2n) is 4.11. The van der Waals surface area contributed by atoms with Crippen molar-refractivity contribution in [3.05, 3.63) is 34.2 Å². The number of hydrogen-bond donors (Lipinski definition) is 1. The molecule has 0 aliphatic heterocycles. The molecule has 0 aliphatic rings. The van der Waals surface area contributed by atoms with E-state index in [1.54, 1.807) is 11.3 Å². The Morgan fingerprint density at radius 3 is 2.76 bits per heavy atom. The zero-order valence-electron chi connectivity index (χ0n) is 10.3. The lowest BCUT2D eigenvalue weighted by Crippen LogP contribution is -2.05. The van der Waals surface area contributed by atoms with Crippen LogP contribution in [-0.2, 0) is 6.42 Å². The van der Waals surface area contributed by atoms with E-state index in [2.05, 4.69) is 34.1 Å². The van der Waals surface area contributed by atoms with Crippen LogP contribution in [0, 0.1) is 0 Å². The fraction of sp³-hybridized carbons (Fsp3) is 0.417. The molecule has 0 aromatic carbocycles. The topological polar surface area (TPSA) is 50.7 Å². The number of rotatable bonds is 4. The average molecular weight is 248 g/mol. The maximum atomic E-state index is 4.57. The highest BCUT2D eigenvalue weighted by molar-refractivity contribution is 7.09. The summed E-state index contributed by atoms with van der Waals surface area (Å²) in [4.78, 5) is 13.3. The van der Waals surface area contributed by atoms with Crippen LogP contribution in [0.5, 0.6) is 0 Å². The van der Waals surface area contributed by atoms with Crippen LogP contribution in [0.3, 0.4) is 0 Å². The summed E-state index contributed by atoms with van der Waals surface area (Å²) in [6.45, 7) is 4.20. The lowest BCUT2D eigenvalue weighted by Gasteiger charge is -2.09. The van der Waals surface area contributed by atoms with Crippen molar-refractivity contribution in [1.82, 2.24) is 15.0 Å². The average Bonchev–Trinajstić information content (AvgIpc) is 2.81. The van der Waals surface area contributed by atoms with E-state index in [1.807, 2.05) is 24.7 Å². The van der Waals surface area contributed by atoms with Crippen LogP contribution in [0.15, 0.2) is 17.6 Å². The van der Waals surface area contributed by atoms with Gasteiger partial charge in [-0.3, -0.25) is 0 Å². The molecule has 0 saturated carbocycles. The smallest absolute Gasteiger partial charge is 0.133 e. The molecule has 0 aliphatic carbocycles. The van der Waals surface area contributed by atoms with Gasteiger partial charge >= 0.3 is 0 Å². The minimum atomic E-state index is 0.332. The summed E-state index contributed by atoms with van der Waals surface area (Å²) in [5, 5.41) is 6.14. The lowest BCUT2D eigenvalue weighted by molar-refractivity contribution is 0.762. The highest BCUT2D eigenvalue weighted by Crippen LogP contribution is 2.17. The first-order valence-electron chi connectivity index (χ1n) is 5.63. The standard InChI is InChI=1S/C12H16N4S/c1-8(2)12-15-9(6-10(13-3)16-12)7-11-14-4-5-17-11/h4-6,8H,7H2,1-3H3,(H,13,15,16). The number of nitrogens with one attached hydrogen (secondary N) is 1. The van der Waals surface area contributed by atoms with Gasteiger partial charge in [0.25, 0.3) is 0 Å². The monoisotopic (exact) mass is 248 g/mol. The Morgan fingerprint density at radius 2 is 2.18 bits per heavy atom. The maximum absolute atomic E-state index is 4.57. The predicted molar refractivity (Wildman–Crippen MR) is 70.6 cm³/mol. The van der Waals surface area contributed by atoms with Gasteiger partial charge in [-0.05, 0) is 0 Å². The first kappa shape index (κ1) is 12.0. The summed E-state index contributed by atoms with van der Waals surface area (Å²) in [5.41, 5.74) is 1.02. The normalized spacial score (nSPS) is 10.8. The molecular formula is C12H16N4S. The van der Waals surface area contributed by atoms with Crippen molar-refractivity contribution in [1.29, 1.82) is 0 Å². The fourth-order valence-electron chi connectivity index (χ4n) is 1.49. The highest BCUT2D eigenvalue weighted by Gasteiger charge is 2.08. The highest BCUT2D eigenvalue weighted by atomic mass is 32.1. The first-order chi connectivity index (χ1) is 8.19. The minimum absolute atomic E-state index is 0.332. The molecule has 0 saturated heterocycles. The molecule has 2 aromatic rings. The Bertz CT molecular complexity index is 479. The number of thiazole rings is 1. The van der Waals surface area contributed by atoms with E-state index in [-0.39, 0.29) is 0 Å². The Hall–Kier alpha value is -1.49. The molecule has 17 heavy (non-hydrogen) atoms. The molecule has 5 heteroatoms. The van der Waals surface area contributed by atoms with E-state index in [0.29, 0.717) is 5.92 Å². The molecule has 0 amide bonds. The van der Waals surface area contributed by atoms with Crippen LogP contribution in [0.4, 0.5) is 5.82 Å². The van der Waals surface area contributed by atoms with Crippen molar-refractivity contribution >= 4 is 17.2 Å². The van der Waals surface area contributed by atoms with Crippen molar-refractivity contribution in [2.45, 2.75) is 26.2 Å². The van der Waals surface area contributed by atoms with E-state index >= 15 is 0 Å². The van der Waals surface area contributed by atoms with Crippen LogP contribution in [0.25, 0.3) is 0 Å². The molecule has 2 rings (SSSR count). The van der Waals surface area contributed by atoms with E-state index < -0.39 is 0 Å². The molecule has 90 valence electrons. The lowest BCUT2D eigenvalue weighted by atomic mass is 10.2. The third-order valence-electron chi connectivity index (χ3n) is 2.38. The van der Waals surface area contributed by atoms with Crippen molar-refractivity contribution in [3.63, 3.8) is 0 Å². The van der Waals surface area contributed by atoms with Gasteiger partial charge in [-0.1, -0.05) is 13.8 Å². The summed E-state index contributed by atoms with van der Waals surface area (Å²) < 4.78 is 0. The van der Waals surface area contributed by atoms with Gasteiger partial charge in [-0.15, -0.1) is 11.3 Å². The third kappa shape index (κ3) is 3.00. The predicted octanol–water partition coefficient (Wildman–Crippen LogP) is 2.69. The molecular weight excluding hydrogens is 232 g/mol. The summed E-state index contributed by atoms with van der Waals surface area (Å²) in [6.07, 6.45) is 2.60. The van der Waals surface area contributed by atoms with Crippen molar-refractivity contribution in [2.75, 3.05) is 12.4 Å². The van der Waals surface area contributed by atoms with Crippen molar-refractivity contribution < 1.29 is 0 Å². The minimum Gasteiger partial charge on any atom is -0.373 e. The van der Waals surface area contributed by atoms with Gasteiger partial charge in [-0.25, -0.2) is 15.0 Å². The largest absolute Gasteiger partial charge is 0.373 e. The number of nitrogens with zero attached hydrogens (tertiary/aromatic N) is 3. The van der Waals surface area contributed by atoms with Gasteiger partial charge in [-0.2, -0.15) is 0 Å². The van der Waals surface area contributed by atoms with Gasteiger partial charge in [0.05, 0.1) is 10.7 Å². The quantitative estimate of drug-likeness (QED) is 0.903. The second-order valence-corrected chi connectivity index (χ2v) is 5.09. The Kier molecular flexibility index (Phi) is 3.68. The van der Waals surface area contributed by atoms with Crippen LogP contribution in [0.1, 0.15) is 36.3 Å². The summed E-state index contributed by atoms with van der Waals surface area (Å²) in [6, 6.07) is 1.98. The number of aromatic nitrogens is 3. The first-order valence-corrected chi connectivity index (χ1v) is 6.51. The number of hydrogen-bond acceptors (Lipinski definition) is 5. The fourth-order valence-corrected chi connectivity index (χ4v) is 2.12. The van der Waals surface area contributed by atoms with Gasteiger partial charge in [0, 0.05) is 37.0 Å². The van der Waals surface area contributed by atoms with E-state index in [0.717, 1.165) is 28.8 Å². The zero-order valence-corrected chi connectivity index (χ0v) is 11.1. The molecule has 0 radical (unpaired) electrons. The Balaban J connectivity index is 2.29. The van der Waals surface area contributed by atoms with E-state index in [9.17, 15) is 0 Å².